The van der Waals surface area contributed by atoms with Gasteiger partial charge in [-0.3, -0.25) is 9.78 Å². The second-order valence-corrected chi connectivity index (χ2v) is 7.14. The second-order valence-electron chi connectivity index (χ2n) is 7.14. The number of allylic oxidation sites excluding steroid dienone is 4. The van der Waals surface area contributed by atoms with Crippen LogP contribution in [0.25, 0.3) is 0 Å². The van der Waals surface area contributed by atoms with Crippen LogP contribution in [0.2, 0.25) is 0 Å². The molecule has 1 aliphatic rings. The van der Waals surface area contributed by atoms with Crippen molar-refractivity contribution in [1.29, 1.82) is 0 Å². The average Bonchev–Trinajstić information content (AvgIpc) is 3.21. The number of hydrogen-bond acceptors (Lipinski definition) is 4. The first-order valence-electron chi connectivity index (χ1n) is 10.7. The van der Waals surface area contributed by atoms with E-state index in [1.165, 1.54) is 11.8 Å². The third kappa shape index (κ3) is 5.63. The summed E-state index contributed by atoms with van der Waals surface area (Å²) in [6, 6.07) is 10.6. The molecule has 0 unspecified atom stereocenters. The molecule has 3 N–H and O–H groups in total. The first-order chi connectivity index (χ1) is 15.5. The van der Waals surface area contributed by atoms with E-state index in [4.69, 9.17) is 10.5 Å². The molecule has 2 aromatic rings. The minimum atomic E-state index is -0.266. The van der Waals surface area contributed by atoms with Crippen molar-refractivity contribution >= 4 is 17.6 Å². The SMILES string of the molecule is C/C=C\C1=C(/C=C\CC)N(C(N)=Nc2ccc(Oc3ccnc(C(=O)NC)c3)cc2)CC1. The van der Waals surface area contributed by atoms with Crippen LogP contribution in [0.1, 0.15) is 37.2 Å². The van der Waals surface area contributed by atoms with Crippen LogP contribution in [0.4, 0.5) is 5.69 Å². The van der Waals surface area contributed by atoms with E-state index in [0.29, 0.717) is 23.2 Å². The van der Waals surface area contributed by atoms with Crippen LogP contribution in [0.15, 0.2) is 83.2 Å². The van der Waals surface area contributed by atoms with Gasteiger partial charge in [-0.1, -0.05) is 25.2 Å². The Labute approximate surface area is 189 Å². The number of carbonyl (C=O) groups excluding carboxylic acids is 1. The summed E-state index contributed by atoms with van der Waals surface area (Å²) >= 11 is 0. The van der Waals surface area contributed by atoms with Gasteiger partial charge in [0.05, 0.1) is 5.69 Å². The van der Waals surface area contributed by atoms with Gasteiger partial charge in [-0.15, -0.1) is 0 Å². The molecule has 32 heavy (non-hydrogen) atoms. The second kappa shape index (κ2) is 10.9. The number of amides is 1. The van der Waals surface area contributed by atoms with Crippen LogP contribution >= 0.6 is 0 Å². The molecule has 7 heteroatoms. The molecule has 0 fully saturated rings. The maximum atomic E-state index is 11.7. The number of nitrogens with two attached hydrogens (primary N) is 1. The largest absolute Gasteiger partial charge is 0.457 e. The predicted octanol–water partition coefficient (Wildman–Crippen LogP) is 4.68. The number of aliphatic imine (C=N–C) groups is 1. The van der Waals surface area contributed by atoms with Gasteiger partial charge in [0.2, 0.25) is 5.96 Å². The van der Waals surface area contributed by atoms with E-state index in [1.807, 2.05) is 42.2 Å². The van der Waals surface area contributed by atoms with E-state index in [9.17, 15) is 4.79 Å². The molecule has 0 spiro atoms. The molecule has 0 saturated carbocycles. The molecule has 0 radical (unpaired) electrons. The van der Waals surface area contributed by atoms with Crippen molar-refractivity contribution in [3.8, 4) is 11.5 Å². The van der Waals surface area contributed by atoms with Crippen LogP contribution in [-0.4, -0.2) is 35.3 Å². The zero-order valence-electron chi connectivity index (χ0n) is 18.7. The van der Waals surface area contributed by atoms with Gasteiger partial charge in [-0.2, -0.15) is 0 Å². The number of nitrogens with one attached hydrogen (secondary N) is 1. The van der Waals surface area contributed by atoms with Crippen molar-refractivity contribution in [3.05, 3.63) is 83.9 Å². The van der Waals surface area contributed by atoms with Crippen LogP contribution in [0.3, 0.4) is 0 Å². The molecule has 1 aliphatic heterocycles. The number of aromatic nitrogens is 1. The Kier molecular flexibility index (Phi) is 7.80. The topological polar surface area (TPSA) is 92.8 Å². The summed E-state index contributed by atoms with van der Waals surface area (Å²) in [5, 5.41) is 2.55. The Morgan fingerprint density at radius 1 is 1.25 bits per heavy atom. The molecule has 1 aromatic carbocycles. The molecule has 0 atom stereocenters. The van der Waals surface area contributed by atoms with Gasteiger partial charge in [0.25, 0.3) is 5.91 Å². The summed E-state index contributed by atoms with van der Waals surface area (Å²) in [4.78, 5) is 22.4. The number of guanidine groups is 1. The summed E-state index contributed by atoms with van der Waals surface area (Å²) in [5.41, 5.74) is 9.73. The number of pyridine rings is 1. The first kappa shape index (κ1) is 22.8. The smallest absolute Gasteiger partial charge is 0.269 e. The van der Waals surface area contributed by atoms with Gasteiger partial charge in [0.15, 0.2) is 0 Å². The highest BCUT2D eigenvalue weighted by molar-refractivity contribution is 5.92. The Bertz CT molecular complexity index is 1070. The van der Waals surface area contributed by atoms with Gasteiger partial charge in [0.1, 0.15) is 17.2 Å². The highest BCUT2D eigenvalue weighted by atomic mass is 16.5. The van der Waals surface area contributed by atoms with Crippen molar-refractivity contribution in [2.24, 2.45) is 10.7 Å². The van der Waals surface area contributed by atoms with Crippen molar-refractivity contribution in [2.75, 3.05) is 13.6 Å². The maximum Gasteiger partial charge on any atom is 0.269 e. The number of rotatable bonds is 7. The number of benzene rings is 1. The summed E-state index contributed by atoms with van der Waals surface area (Å²) in [5.74, 6) is 1.34. The predicted molar refractivity (Wildman–Crippen MR) is 128 cm³/mol. The van der Waals surface area contributed by atoms with E-state index >= 15 is 0 Å². The van der Waals surface area contributed by atoms with E-state index in [1.54, 1.807) is 19.2 Å². The highest BCUT2D eigenvalue weighted by Gasteiger charge is 2.21. The zero-order chi connectivity index (χ0) is 22.9. The molecule has 0 saturated heterocycles. The Balaban J connectivity index is 1.75. The number of hydrogen-bond donors (Lipinski definition) is 2. The standard InChI is InChI=1S/C25H29N5O2/c1-4-6-8-23-18(7-5-2)14-16-30(23)25(26)29-19-9-11-20(12-10-19)32-21-13-15-28-22(17-21)24(31)27-3/h5-13,15,17H,4,14,16H2,1-3H3,(H2,26,29)(H,27,31)/b7-5-,8-6-. The van der Waals surface area contributed by atoms with Crippen molar-refractivity contribution in [2.45, 2.75) is 26.7 Å². The Hall–Kier alpha value is -3.87. The lowest BCUT2D eigenvalue weighted by Crippen LogP contribution is -2.34. The summed E-state index contributed by atoms with van der Waals surface area (Å²) < 4.78 is 5.84. The van der Waals surface area contributed by atoms with Gasteiger partial charge < -0.3 is 20.7 Å². The van der Waals surface area contributed by atoms with Crippen molar-refractivity contribution in [3.63, 3.8) is 0 Å². The van der Waals surface area contributed by atoms with E-state index in [2.05, 4.69) is 40.4 Å². The molecule has 0 aliphatic carbocycles. The lowest BCUT2D eigenvalue weighted by atomic mass is 10.1. The van der Waals surface area contributed by atoms with Crippen LogP contribution in [-0.2, 0) is 0 Å². The molecule has 2 heterocycles. The molecule has 166 valence electrons. The molecule has 3 rings (SSSR count). The van der Waals surface area contributed by atoms with E-state index in [0.717, 1.165) is 30.8 Å². The van der Waals surface area contributed by atoms with Gasteiger partial charge in [-0.05, 0) is 61.7 Å². The molecule has 1 aromatic heterocycles. The minimum Gasteiger partial charge on any atom is -0.457 e. The van der Waals surface area contributed by atoms with Crippen LogP contribution in [0.5, 0.6) is 11.5 Å². The summed E-state index contributed by atoms with van der Waals surface area (Å²) in [6.07, 6.45) is 11.8. The number of ether oxygens (including phenoxy) is 1. The van der Waals surface area contributed by atoms with E-state index < -0.39 is 0 Å². The summed E-state index contributed by atoms with van der Waals surface area (Å²) in [6.45, 7) is 4.93. The lowest BCUT2D eigenvalue weighted by molar-refractivity contribution is 0.0958. The number of carbonyl (C=O) groups is 1. The third-order valence-corrected chi connectivity index (χ3v) is 4.89. The molecule has 7 nitrogen and oxygen atoms in total. The van der Waals surface area contributed by atoms with E-state index in [-0.39, 0.29) is 5.91 Å². The average molecular weight is 432 g/mol. The fraction of sp³-hybridized carbons (Fsp3) is 0.240. The summed E-state index contributed by atoms with van der Waals surface area (Å²) in [7, 11) is 1.56. The monoisotopic (exact) mass is 431 g/mol. The van der Waals surface area contributed by atoms with Gasteiger partial charge >= 0.3 is 0 Å². The molecule has 1 amide bonds. The number of nitrogens with zero attached hydrogens (tertiary/aromatic N) is 3. The van der Waals surface area contributed by atoms with Gasteiger partial charge in [0, 0.05) is 31.6 Å². The fourth-order valence-electron chi connectivity index (χ4n) is 3.33. The third-order valence-electron chi connectivity index (χ3n) is 4.89. The maximum absolute atomic E-state index is 11.7. The molecule has 0 bridgehead atoms. The van der Waals surface area contributed by atoms with Crippen molar-refractivity contribution in [1.82, 2.24) is 15.2 Å². The first-order valence-corrected chi connectivity index (χ1v) is 10.7. The lowest BCUT2D eigenvalue weighted by Gasteiger charge is -2.19. The minimum absolute atomic E-state index is 0.266. The van der Waals surface area contributed by atoms with Crippen LogP contribution in [0, 0.1) is 0 Å². The van der Waals surface area contributed by atoms with Crippen molar-refractivity contribution < 1.29 is 9.53 Å². The zero-order valence-corrected chi connectivity index (χ0v) is 18.7. The Morgan fingerprint density at radius 2 is 2.03 bits per heavy atom. The highest BCUT2D eigenvalue weighted by Crippen LogP contribution is 2.27. The van der Waals surface area contributed by atoms with Gasteiger partial charge in [-0.25, -0.2) is 4.99 Å². The quantitative estimate of drug-likeness (QED) is 0.490. The van der Waals surface area contributed by atoms with Crippen LogP contribution < -0.4 is 15.8 Å². The molecular weight excluding hydrogens is 402 g/mol. The Morgan fingerprint density at radius 3 is 2.72 bits per heavy atom. The fourth-order valence-corrected chi connectivity index (χ4v) is 3.33. The normalized spacial score (nSPS) is 14.6. The molecular formula is C25H29N5O2.